The van der Waals surface area contributed by atoms with Crippen LogP contribution >= 0.6 is 0 Å². The summed E-state index contributed by atoms with van der Waals surface area (Å²) in [6, 6.07) is 5.79. The minimum Gasteiger partial charge on any atom is -0.358 e. The van der Waals surface area contributed by atoms with Crippen LogP contribution in [-0.2, 0) is 4.79 Å². The SMILES string of the molecule is CN1C(=O)CN=C(c2ccccc2F)C=C1[N+](=O)[O-]. The second-order valence-electron chi connectivity index (χ2n) is 3.89. The van der Waals surface area contributed by atoms with Crippen LogP contribution in [0.4, 0.5) is 4.39 Å². The lowest BCUT2D eigenvalue weighted by Gasteiger charge is -2.08. The van der Waals surface area contributed by atoms with Gasteiger partial charge in [0.1, 0.15) is 12.4 Å². The molecule has 1 aliphatic rings. The van der Waals surface area contributed by atoms with E-state index in [9.17, 15) is 19.3 Å². The van der Waals surface area contributed by atoms with Crippen molar-refractivity contribution in [1.82, 2.24) is 4.90 Å². The predicted molar refractivity (Wildman–Crippen MR) is 65.7 cm³/mol. The highest BCUT2D eigenvalue weighted by molar-refractivity contribution is 6.10. The summed E-state index contributed by atoms with van der Waals surface area (Å²) in [6.07, 6.45) is 1.10. The minimum absolute atomic E-state index is 0.0856. The molecule has 1 aromatic rings. The number of halogens is 1. The van der Waals surface area contributed by atoms with Crippen molar-refractivity contribution < 1.29 is 14.1 Å². The summed E-state index contributed by atoms with van der Waals surface area (Å²) < 4.78 is 13.7. The van der Waals surface area contributed by atoms with Crippen molar-refractivity contribution in [2.24, 2.45) is 4.99 Å². The van der Waals surface area contributed by atoms with E-state index in [2.05, 4.69) is 4.99 Å². The van der Waals surface area contributed by atoms with Gasteiger partial charge in [-0.15, -0.1) is 0 Å². The molecule has 0 spiro atoms. The van der Waals surface area contributed by atoms with Gasteiger partial charge in [-0.05, 0) is 17.1 Å². The number of allylic oxidation sites excluding steroid dienone is 1. The standard InChI is InChI=1S/C12H10FN3O3/c1-15-11(16(18)19)6-10(14-7-12(15)17)8-4-2-3-5-9(8)13/h2-6H,7H2,1H3. The summed E-state index contributed by atoms with van der Waals surface area (Å²) in [5.41, 5.74) is 0.215. The molecule has 0 saturated heterocycles. The second-order valence-corrected chi connectivity index (χ2v) is 3.89. The maximum atomic E-state index is 13.7. The Labute approximate surface area is 108 Å². The average molecular weight is 263 g/mol. The van der Waals surface area contributed by atoms with Gasteiger partial charge >= 0.3 is 11.7 Å². The number of carbonyl (C=O) groups excluding carboxylic acids is 1. The molecule has 19 heavy (non-hydrogen) atoms. The van der Waals surface area contributed by atoms with Crippen LogP contribution in [0.5, 0.6) is 0 Å². The first-order chi connectivity index (χ1) is 9.00. The highest BCUT2D eigenvalue weighted by Crippen LogP contribution is 2.15. The van der Waals surface area contributed by atoms with Gasteiger partial charge < -0.3 is 10.1 Å². The monoisotopic (exact) mass is 263 g/mol. The predicted octanol–water partition coefficient (Wildman–Crippen LogP) is 1.20. The summed E-state index contributed by atoms with van der Waals surface area (Å²) in [6.45, 7) is -0.256. The molecule has 0 bridgehead atoms. The molecule has 6 nitrogen and oxygen atoms in total. The van der Waals surface area contributed by atoms with Crippen LogP contribution in [0.1, 0.15) is 5.56 Å². The Morgan fingerprint density at radius 3 is 2.74 bits per heavy atom. The number of hydrogen-bond acceptors (Lipinski definition) is 4. The largest absolute Gasteiger partial charge is 0.358 e. The van der Waals surface area contributed by atoms with Crippen molar-refractivity contribution in [3.05, 3.63) is 57.7 Å². The highest BCUT2D eigenvalue weighted by Gasteiger charge is 2.28. The molecule has 1 aliphatic heterocycles. The fourth-order valence-electron chi connectivity index (χ4n) is 1.66. The molecule has 0 saturated carbocycles. The lowest BCUT2D eigenvalue weighted by molar-refractivity contribution is -0.442. The van der Waals surface area contributed by atoms with E-state index in [-0.39, 0.29) is 17.8 Å². The number of nitrogens with zero attached hydrogens (tertiary/aromatic N) is 3. The Bertz CT molecular complexity index is 610. The molecule has 7 heteroatoms. The van der Waals surface area contributed by atoms with Crippen molar-refractivity contribution in [3.8, 4) is 0 Å². The molecule has 0 aliphatic carbocycles. The van der Waals surface area contributed by atoms with Crippen LogP contribution in [0.3, 0.4) is 0 Å². The zero-order chi connectivity index (χ0) is 14.0. The van der Waals surface area contributed by atoms with Crippen molar-refractivity contribution in [2.45, 2.75) is 0 Å². The first-order valence-corrected chi connectivity index (χ1v) is 5.42. The Balaban J connectivity index is 2.54. The second kappa shape index (κ2) is 4.97. The molecular weight excluding hydrogens is 253 g/mol. The summed E-state index contributed by atoms with van der Waals surface area (Å²) >= 11 is 0. The van der Waals surface area contributed by atoms with E-state index in [0.29, 0.717) is 0 Å². The van der Waals surface area contributed by atoms with Crippen LogP contribution < -0.4 is 0 Å². The third-order valence-electron chi connectivity index (χ3n) is 2.71. The Hall–Kier alpha value is -2.57. The fraction of sp³-hybridized carbons (Fsp3) is 0.167. The quantitative estimate of drug-likeness (QED) is 0.594. The van der Waals surface area contributed by atoms with Gasteiger partial charge in [0.25, 0.3) is 0 Å². The smallest absolute Gasteiger partial charge is 0.331 e. The zero-order valence-corrected chi connectivity index (χ0v) is 10.0. The maximum Gasteiger partial charge on any atom is 0.331 e. The number of hydrogen-bond donors (Lipinski definition) is 0. The van der Waals surface area contributed by atoms with Gasteiger partial charge in [0, 0.05) is 5.56 Å². The Morgan fingerprint density at radius 1 is 1.42 bits per heavy atom. The van der Waals surface area contributed by atoms with E-state index in [4.69, 9.17) is 0 Å². The first kappa shape index (κ1) is 12.9. The highest BCUT2D eigenvalue weighted by atomic mass is 19.1. The van der Waals surface area contributed by atoms with Gasteiger partial charge in [-0.25, -0.2) is 9.18 Å². The van der Waals surface area contributed by atoms with Gasteiger partial charge in [0.2, 0.25) is 0 Å². The van der Waals surface area contributed by atoms with Crippen molar-refractivity contribution in [3.63, 3.8) is 0 Å². The molecule has 0 radical (unpaired) electrons. The number of benzene rings is 1. The van der Waals surface area contributed by atoms with Crippen LogP contribution in [-0.4, -0.2) is 35.0 Å². The van der Waals surface area contributed by atoms with E-state index in [0.717, 1.165) is 11.0 Å². The first-order valence-electron chi connectivity index (χ1n) is 5.42. The molecule has 0 fully saturated rings. The summed E-state index contributed by atoms with van der Waals surface area (Å²) in [4.78, 5) is 26.6. The number of nitro groups is 1. The van der Waals surface area contributed by atoms with Gasteiger partial charge in [-0.1, -0.05) is 12.1 Å². The van der Waals surface area contributed by atoms with E-state index in [1.807, 2.05) is 0 Å². The minimum atomic E-state index is -0.695. The van der Waals surface area contributed by atoms with Crippen molar-refractivity contribution in [2.75, 3.05) is 13.6 Å². The fourth-order valence-corrected chi connectivity index (χ4v) is 1.66. The molecule has 98 valence electrons. The summed E-state index contributed by atoms with van der Waals surface area (Å²) in [7, 11) is 1.29. The number of amides is 1. The van der Waals surface area contributed by atoms with Crippen molar-refractivity contribution >= 4 is 11.6 Å². The van der Waals surface area contributed by atoms with Gasteiger partial charge in [-0.2, -0.15) is 4.90 Å². The van der Waals surface area contributed by atoms with Gasteiger partial charge in [0.15, 0.2) is 0 Å². The molecule has 1 heterocycles. The van der Waals surface area contributed by atoms with E-state index >= 15 is 0 Å². The number of aliphatic imine (C=N–C) groups is 1. The molecule has 0 atom stereocenters. The van der Waals surface area contributed by atoms with Crippen LogP contribution in [0.2, 0.25) is 0 Å². The number of likely N-dealkylation sites (N-methyl/N-ethyl adjacent to an activating group) is 1. The maximum absolute atomic E-state index is 13.7. The molecule has 0 N–H and O–H groups in total. The zero-order valence-electron chi connectivity index (χ0n) is 10.0. The van der Waals surface area contributed by atoms with Gasteiger partial charge in [0.05, 0.1) is 18.8 Å². The number of carbonyl (C=O) groups is 1. The average Bonchev–Trinajstić information content (AvgIpc) is 2.52. The van der Waals surface area contributed by atoms with Crippen LogP contribution in [0.15, 0.2) is 41.2 Å². The van der Waals surface area contributed by atoms with E-state index < -0.39 is 22.5 Å². The van der Waals surface area contributed by atoms with E-state index in [1.165, 1.54) is 25.2 Å². The summed E-state index contributed by atoms with van der Waals surface area (Å²) in [5.74, 6) is -1.49. The lowest BCUT2D eigenvalue weighted by atomic mass is 10.1. The molecule has 1 amide bonds. The lowest BCUT2D eigenvalue weighted by Crippen LogP contribution is -2.30. The Morgan fingerprint density at radius 2 is 2.11 bits per heavy atom. The number of rotatable bonds is 2. The van der Waals surface area contributed by atoms with Crippen LogP contribution in [0, 0.1) is 15.9 Å². The topological polar surface area (TPSA) is 75.8 Å². The van der Waals surface area contributed by atoms with Crippen LogP contribution in [0.25, 0.3) is 0 Å². The van der Waals surface area contributed by atoms with Crippen molar-refractivity contribution in [1.29, 1.82) is 0 Å². The molecular formula is C12H10FN3O3. The summed E-state index contributed by atoms with van der Waals surface area (Å²) in [5, 5.41) is 10.9. The van der Waals surface area contributed by atoms with E-state index in [1.54, 1.807) is 6.07 Å². The molecule has 2 rings (SSSR count). The molecule has 0 unspecified atom stereocenters. The van der Waals surface area contributed by atoms with Gasteiger partial charge in [-0.3, -0.25) is 4.99 Å². The third-order valence-corrected chi connectivity index (χ3v) is 2.71. The Kier molecular flexibility index (Phi) is 3.37. The molecule has 0 aromatic heterocycles. The third kappa shape index (κ3) is 2.49. The normalized spacial score (nSPS) is 15.7. The molecule has 1 aromatic carbocycles.